The van der Waals surface area contributed by atoms with Gasteiger partial charge in [0, 0.05) is 7.11 Å². The van der Waals surface area contributed by atoms with Gasteiger partial charge in [-0.15, -0.1) is 0 Å². The molecule has 2 N–H and O–H groups in total. The van der Waals surface area contributed by atoms with Crippen molar-refractivity contribution in [3.05, 3.63) is 17.3 Å². The number of pyridine rings is 1. The summed E-state index contributed by atoms with van der Waals surface area (Å²) in [7, 11) is 1.49. The van der Waals surface area contributed by atoms with Crippen LogP contribution in [0, 0.1) is 0 Å². The van der Waals surface area contributed by atoms with Gasteiger partial charge in [0.1, 0.15) is 5.15 Å². The van der Waals surface area contributed by atoms with Crippen molar-refractivity contribution in [2.24, 2.45) is 0 Å². The lowest BCUT2D eigenvalue weighted by molar-refractivity contribution is -0.124. The summed E-state index contributed by atoms with van der Waals surface area (Å²) in [5.74, 6) is 0.378. The minimum absolute atomic E-state index is 0.187. The third-order valence-electron chi connectivity index (χ3n) is 2.15. The van der Waals surface area contributed by atoms with Gasteiger partial charge in [0.15, 0.2) is 11.9 Å². The van der Waals surface area contributed by atoms with E-state index >= 15 is 0 Å². The van der Waals surface area contributed by atoms with Crippen molar-refractivity contribution in [2.45, 2.75) is 6.10 Å². The average Bonchev–Trinajstić information content (AvgIpc) is 2.36. The Hall–Kier alpha value is -1.33. The third kappa shape index (κ3) is 2.03. The highest BCUT2D eigenvalue weighted by molar-refractivity contribution is 6.29. The van der Waals surface area contributed by atoms with Gasteiger partial charge in [0.25, 0.3) is 5.91 Å². The number of anilines is 2. The first-order valence-corrected chi connectivity index (χ1v) is 4.82. The van der Waals surface area contributed by atoms with E-state index in [1.807, 2.05) is 0 Å². The van der Waals surface area contributed by atoms with Crippen LogP contribution in [-0.2, 0) is 9.53 Å². The topological polar surface area (TPSA) is 63.2 Å². The van der Waals surface area contributed by atoms with Crippen LogP contribution in [0.2, 0.25) is 5.15 Å². The predicted octanol–water partition coefficient (Wildman–Crippen LogP) is 1.11. The zero-order chi connectivity index (χ0) is 10.8. The first-order valence-electron chi connectivity index (χ1n) is 4.45. The summed E-state index contributed by atoms with van der Waals surface area (Å²) in [5, 5.41) is 6.08. The SMILES string of the molecule is COC1CNc2nc(Cl)ccc2NC1=O. The Balaban J connectivity index is 2.31. The summed E-state index contributed by atoms with van der Waals surface area (Å²) in [6, 6.07) is 3.32. The largest absolute Gasteiger partial charge is 0.370 e. The molecular weight excluding hydrogens is 218 g/mol. The summed E-state index contributed by atoms with van der Waals surface area (Å²) in [4.78, 5) is 15.6. The molecule has 0 fully saturated rings. The summed E-state index contributed by atoms with van der Waals surface area (Å²) in [6.45, 7) is 0.378. The second kappa shape index (κ2) is 4.04. The van der Waals surface area contributed by atoms with E-state index in [-0.39, 0.29) is 5.91 Å². The van der Waals surface area contributed by atoms with E-state index in [0.717, 1.165) is 0 Å². The minimum atomic E-state index is -0.516. The van der Waals surface area contributed by atoms with Gasteiger partial charge in [-0.1, -0.05) is 11.6 Å². The molecule has 0 aliphatic carbocycles. The molecule has 6 heteroatoms. The van der Waals surface area contributed by atoms with E-state index in [2.05, 4.69) is 15.6 Å². The second-order valence-corrected chi connectivity index (χ2v) is 3.51. The molecule has 1 atom stereocenters. The molecular formula is C9H10ClN3O2. The van der Waals surface area contributed by atoms with Gasteiger partial charge in [-0.05, 0) is 12.1 Å². The average molecular weight is 228 g/mol. The van der Waals surface area contributed by atoms with Crippen molar-refractivity contribution in [3.63, 3.8) is 0 Å². The maximum atomic E-state index is 11.6. The van der Waals surface area contributed by atoms with Gasteiger partial charge in [-0.25, -0.2) is 4.98 Å². The standard InChI is InChI=1S/C9H10ClN3O2/c1-15-6-4-11-8-5(12-9(6)14)2-3-7(10)13-8/h2-3,6H,4H2,1H3,(H,11,13)(H,12,14). The number of aromatic nitrogens is 1. The lowest BCUT2D eigenvalue weighted by Crippen LogP contribution is -2.32. The highest BCUT2D eigenvalue weighted by Gasteiger charge is 2.23. The molecule has 1 aromatic rings. The van der Waals surface area contributed by atoms with Crippen LogP contribution in [0.5, 0.6) is 0 Å². The predicted molar refractivity (Wildman–Crippen MR) is 57.2 cm³/mol. The Kier molecular flexibility index (Phi) is 2.75. The van der Waals surface area contributed by atoms with Crippen molar-refractivity contribution < 1.29 is 9.53 Å². The number of amides is 1. The number of carbonyl (C=O) groups is 1. The first-order chi connectivity index (χ1) is 7.20. The Morgan fingerprint density at radius 2 is 2.40 bits per heavy atom. The van der Waals surface area contributed by atoms with Gasteiger partial charge in [-0.2, -0.15) is 0 Å². The smallest absolute Gasteiger partial charge is 0.255 e. The summed E-state index contributed by atoms with van der Waals surface area (Å²) in [6.07, 6.45) is -0.516. The maximum Gasteiger partial charge on any atom is 0.255 e. The number of fused-ring (bicyclic) bond motifs is 1. The fourth-order valence-electron chi connectivity index (χ4n) is 1.36. The van der Waals surface area contributed by atoms with Gasteiger partial charge >= 0.3 is 0 Å². The molecule has 2 rings (SSSR count). The van der Waals surface area contributed by atoms with Gasteiger partial charge in [0.2, 0.25) is 0 Å². The zero-order valence-corrected chi connectivity index (χ0v) is 8.84. The molecule has 1 amide bonds. The molecule has 0 bridgehead atoms. The molecule has 1 aromatic heterocycles. The number of halogens is 1. The molecule has 1 aliphatic rings. The second-order valence-electron chi connectivity index (χ2n) is 3.12. The summed E-state index contributed by atoms with van der Waals surface area (Å²) in [5.41, 5.74) is 0.615. The molecule has 1 unspecified atom stereocenters. The molecule has 15 heavy (non-hydrogen) atoms. The first kappa shape index (κ1) is 10.2. The number of hydrogen-bond donors (Lipinski definition) is 2. The number of rotatable bonds is 1. The maximum absolute atomic E-state index is 11.6. The van der Waals surface area contributed by atoms with Gasteiger partial charge in [-0.3, -0.25) is 4.79 Å². The number of hydrogen-bond acceptors (Lipinski definition) is 4. The van der Waals surface area contributed by atoms with Gasteiger partial charge < -0.3 is 15.4 Å². The van der Waals surface area contributed by atoms with E-state index in [1.54, 1.807) is 12.1 Å². The van der Waals surface area contributed by atoms with Crippen molar-refractivity contribution in [2.75, 3.05) is 24.3 Å². The highest BCUT2D eigenvalue weighted by Crippen LogP contribution is 2.24. The van der Waals surface area contributed by atoms with Crippen LogP contribution in [0.25, 0.3) is 0 Å². The Bertz CT molecular complexity index is 397. The van der Waals surface area contributed by atoms with Crippen LogP contribution < -0.4 is 10.6 Å². The number of nitrogens with one attached hydrogen (secondary N) is 2. The highest BCUT2D eigenvalue weighted by atomic mass is 35.5. The van der Waals surface area contributed by atoms with Crippen LogP contribution >= 0.6 is 11.6 Å². The quantitative estimate of drug-likeness (QED) is 0.706. The zero-order valence-electron chi connectivity index (χ0n) is 8.08. The van der Waals surface area contributed by atoms with Crippen LogP contribution in [0.4, 0.5) is 11.5 Å². The molecule has 0 saturated heterocycles. The molecule has 0 spiro atoms. The van der Waals surface area contributed by atoms with Crippen molar-refractivity contribution >= 4 is 29.0 Å². The van der Waals surface area contributed by atoms with E-state index in [1.165, 1.54) is 7.11 Å². The van der Waals surface area contributed by atoms with Crippen LogP contribution in [-0.4, -0.2) is 30.6 Å². The normalized spacial score (nSPS) is 19.9. The monoisotopic (exact) mass is 227 g/mol. The van der Waals surface area contributed by atoms with Crippen LogP contribution in [0.3, 0.4) is 0 Å². The molecule has 0 aromatic carbocycles. The van der Waals surface area contributed by atoms with E-state index < -0.39 is 6.10 Å². The molecule has 0 saturated carbocycles. The van der Waals surface area contributed by atoms with Crippen LogP contribution in [0.15, 0.2) is 12.1 Å². The van der Waals surface area contributed by atoms with Crippen molar-refractivity contribution in [1.82, 2.24) is 4.98 Å². The lowest BCUT2D eigenvalue weighted by atomic mass is 10.3. The van der Waals surface area contributed by atoms with E-state index in [4.69, 9.17) is 16.3 Å². The molecule has 5 nitrogen and oxygen atoms in total. The van der Waals surface area contributed by atoms with Gasteiger partial charge in [0.05, 0.1) is 12.2 Å². The number of methoxy groups -OCH3 is 1. The number of carbonyl (C=O) groups excluding carboxylic acids is 1. The fourth-order valence-corrected chi connectivity index (χ4v) is 1.50. The molecule has 1 aliphatic heterocycles. The van der Waals surface area contributed by atoms with E-state index in [9.17, 15) is 4.79 Å². The number of ether oxygens (including phenoxy) is 1. The summed E-state index contributed by atoms with van der Waals surface area (Å²) >= 11 is 5.74. The van der Waals surface area contributed by atoms with E-state index in [0.29, 0.717) is 23.2 Å². The van der Waals surface area contributed by atoms with Crippen molar-refractivity contribution in [1.29, 1.82) is 0 Å². The fraction of sp³-hybridized carbons (Fsp3) is 0.333. The third-order valence-corrected chi connectivity index (χ3v) is 2.36. The molecule has 0 radical (unpaired) electrons. The Morgan fingerprint density at radius 3 is 3.13 bits per heavy atom. The number of nitrogens with zero attached hydrogens (tertiary/aromatic N) is 1. The van der Waals surface area contributed by atoms with Crippen molar-refractivity contribution in [3.8, 4) is 0 Å². The molecule has 80 valence electrons. The minimum Gasteiger partial charge on any atom is -0.370 e. The Labute approximate surface area is 91.8 Å². The lowest BCUT2D eigenvalue weighted by Gasteiger charge is -2.09. The Morgan fingerprint density at radius 1 is 1.60 bits per heavy atom. The molecule has 2 heterocycles. The van der Waals surface area contributed by atoms with Crippen LogP contribution in [0.1, 0.15) is 0 Å². The summed E-state index contributed by atoms with van der Waals surface area (Å²) < 4.78 is 5.01.